The lowest BCUT2D eigenvalue weighted by molar-refractivity contribution is 0.102. The van der Waals surface area contributed by atoms with Gasteiger partial charge in [0.25, 0.3) is 5.91 Å². The summed E-state index contributed by atoms with van der Waals surface area (Å²) >= 11 is 5.93. The van der Waals surface area contributed by atoms with Crippen LogP contribution in [0.3, 0.4) is 0 Å². The molecule has 0 unspecified atom stereocenters. The number of hydrogen-bond donors (Lipinski definition) is 1. The molecule has 0 aliphatic carbocycles. The summed E-state index contributed by atoms with van der Waals surface area (Å²) in [5.41, 5.74) is 1.90. The molecule has 0 saturated heterocycles. The number of carbonyl (C=O) groups excluding carboxylic acids is 1. The molecular weight excluding hydrogens is 326 g/mol. The van der Waals surface area contributed by atoms with E-state index in [1.165, 1.54) is 0 Å². The molecule has 24 heavy (non-hydrogen) atoms. The van der Waals surface area contributed by atoms with Crippen LogP contribution in [0.15, 0.2) is 47.1 Å². The summed E-state index contributed by atoms with van der Waals surface area (Å²) in [4.78, 5) is 12.7. The first-order valence-corrected chi connectivity index (χ1v) is 7.63. The van der Waals surface area contributed by atoms with Crippen LogP contribution in [-0.2, 0) is 0 Å². The van der Waals surface area contributed by atoms with E-state index in [2.05, 4.69) is 11.4 Å². The van der Waals surface area contributed by atoms with Gasteiger partial charge in [-0.2, -0.15) is 5.26 Å². The fourth-order valence-corrected chi connectivity index (χ4v) is 2.74. The number of aryl methyl sites for hydroxylation is 2. The largest absolute Gasteiger partial charge is 0.443 e. The minimum absolute atomic E-state index is 0.202. The van der Waals surface area contributed by atoms with Crippen LogP contribution in [0.1, 0.15) is 27.2 Å². The SMILES string of the molecule is Cc1cc(Cl)ccc1NC(=O)c1c(C)oc(-n2cccc2)c1C#N. The van der Waals surface area contributed by atoms with E-state index >= 15 is 0 Å². The molecule has 0 bridgehead atoms. The molecule has 2 aromatic heterocycles. The minimum Gasteiger partial charge on any atom is -0.443 e. The van der Waals surface area contributed by atoms with Crippen molar-refractivity contribution in [2.24, 2.45) is 0 Å². The first-order valence-electron chi connectivity index (χ1n) is 7.25. The zero-order valence-corrected chi connectivity index (χ0v) is 13.9. The lowest BCUT2D eigenvalue weighted by Crippen LogP contribution is -2.14. The fourth-order valence-electron chi connectivity index (χ4n) is 2.51. The number of amides is 1. The number of aromatic nitrogens is 1. The van der Waals surface area contributed by atoms with E-state index < -0.39 is 5.91 Å². The summed E-state index contributed by atoms with van der Waals surface area (Å²) in [7, 11) is 0. The smallest absolute Gasteiger partial charge is 0.260 e. The van der Waals surface area contributed by atoms with Crippen molar-refractivity contribution in [1.29, 1.82) is 5.26 Å². The molecule has 0 aliphatic heterocycles. The molecule has 6 heteroatoms. The summed E-state index contributed by atoms with van der Waals surface area (Å²) < 4.78 is 7.31. The molecule has 0 aliphatic rings. The van der Waals surface area contributed by atoms with E-state index in [1.807, 2.05) is 19.1 Å². The highest BCUT2D eigenvalue weighted by Crippen LogP contribution is 2.27. The van der Waals surface area contributed by atoms with Crippen LogP contribution in [0.5, 0.6) is 0 Å². The van der Waals surface area contributed by atoms with Crippen LogP contribution in [0, 0.1) is 25.2 Å². The Morgan fingerprint density at radius 2 is 2.00 bits per heavy atom. The predicted molar refractivity (Wildman–Crippen MR) is 91.6 cm³/mol. The first-order chi connectivity index (χ1) is 11.5. The van der Waals surface area contributed by atoms with Gasteiger partial charge < -0.3 is 9.73 Å². The number of nitrogens with zero attached hydrogens (tertiary/aromatic N) is 2. The van der Waals surface area contributed by atoms with Crippen LogP contribution >= 0.6 is 11.6 Å². The molecule has 3 aromatic rings. The molecule has 2 heterocycles. The van der Waals surface area contributed by atoms with E-state index in [9.17, 15) is 10.1 Å². The highest BCUT2D eigenvalue weighted by atomic mass is 35.5. The van der Waals surface area contributed by atoms with Crippen molar-refractivity contribution in [1.82, 2.24) is 4.57 Å². The average molecular weight is 340 g/mol. The Morgan fingerprint density at radius 3 is 2.62 bits per heavy atom. The molecule has 5 nitrogen and oxygen atoms in total. The summed E-state index contributed by atoms with van der Waals surface area (Å²) in [5.74, 6) is 0.328. The van der Waals surface area contributed by atoms with Gasteiger partial charge in [-0.05, 0) is 49.7 Å². The Balaban J connectivity index is 2.00. The summed E-state index contributed by atoms with van der Waals surface area (Å²) in [6.45, 7) is 3.51. The molecule has 0 atom stereocenters. The lowest BCUT2D eigenvalue weighted by Gasteiger charge is -2.08. The molecule has 1 N–H and O–H groups in total. The molecular formula is C18H14ClN3O2. The zero-order valence-electron chi connectivity index (χ0n) is 13.1. The predicted octanol–water partition coefficient (Wildman–Crippen LogP) is 4.46. The number of anilines is 1. The second kappa shape index (κ2) is 6.26. The van der Waals surface area contributed by atoms with Crippen LogP contribution in [-0.4, -0.2) is 10.5 Å². The quantitative estimate of drug-likeness (QED) is 0.765. The summed E-state index contributed by atoms with van der Waals surface area (Å²) in [6.07, 6.45) is 3.51. The molecule has 0 spiro atoms. The maximum absolute atomic E-state index is 12.7. The maximum Gasteiger partial charge on any atom is 0.260 e. The van der Waals surface area contributed by atoms with Crippen molar-refractivity contribution in [3.8, 4) is 12.0 Å². The Hall–Kier alpha value is -2.97. The third-order valence-corrected chi connectivity index (χ3v) is 3.92. The highest BCUT2D eigenvalue weighted by molar-refractivity contribution is 6.30. The average Bonchev–Trinajstić information content (AvgIpc) is 3.16. The van der Waals surface area contributed by atoms with Crippen LogP contribution < -0.4 is 5.32 Å². The van der Waals surface area contributed by atoms with Gasteiger partial charge in [0.05, 0.1) is 0 Å². The van der Waals surface area contributed by atoms with Crippen molar-refractivity contribution in [3.05, 3.63) is 70.2 Å². The maximum atomic E-state index is 12.7. The van der Waals surface area contributed by atoms with Gasteiger partial charge in [-0.1, -0.05) is 11.6 Å². The number of furan rings is 1. The van der Waals surface area contributed by atoms with Crippen LogP contribution in [0.2, 0.25) is 5.02 Å². The fraction of sp³-hybridized carbons (Fsp3) is 0.111. The van der Waals surface area contributed by atoms with Gasteiger partial charge in [0.2, 0.25) is 5.88 Å². The van der Waals surface area contributed by atoms with Gasteiger partial charge in [0, 0.05) is 23.1 Å². The second-order valence-corrected chi connectivity index (χ2v) is 5.77. The molecule has 0 radical (unpaired) electrons. The number of carbonyl (C=O) groups is 1. The number of benzene rings is 1. The van der Waals surface area contributed by atoms with Gasteiger partial charge >= 0.3 is 0 Å². The Bertz CT molecular complexity index is 950. The van der Waals surface area contributed by atoms with Crippen LogP contribution in [0.4, 0.5) is 5.69 Å². The van der Waals surface area contributed by atoms with Crippen molar-refractivity contribution in [3.63, 3.8) is 0 Å². The Morgan fingerprint density at radius 1 is 1.29 bits per heavy atom. The molecule has 0 fully saturated rings. The van der Waals surface area contributed by atoms with E-state index in [1.54, 1.807) is 42.1 Å². The number of nitriles is 1. The van der Waals surface area contributed by atoms with Gasteiger partial charge in [0.1, 0.15) is 23.0 Å². The molecule has 3 rings (SSSR count). The van der Waals surface area contributed by atoms with Gasteiger partial charge in [0.15, 0.2) is 0 Å². The normalized spacial score (nSPS) is 10.4. The van der Waals surface area contributed by atoms with Crippen LogP contribution in [0.25, 0.3) is 5.88 Å². The van der Waals surface area contributed by atoms with E-state index in [4.69, 9.17) is 16.0 Å². The third kappa shape index (κ3) is 2.80. The van der Waals surface area contributed by atoms with Gasteiger partial charge in [-0.25, -0.2) is 0 Å². The van der Waals surface area contributed by atoms with Crippen molar-refractivity contribution < 1.29 is 9.21 Å². The standard InChI is InChI=1S/C18H14ClN3O2/c1-11-9-13(19)5-6-15(11)21-17(23)16-12(2)24-18(14(16)10-20)22-7-3-4-8-22/h3-9H,1-2H3,(H,21,23). The highest BCUT2D eigenvalue weighted by Gasteiger charge is 2.24. The van der Waals surface area contributed by atoms with Crippen molar-refractivity contribution in [2.45, 2.75) is 13.8 Å². The number of halogens is 1. The summed E-state index contributed by atoms with van der Waals surface area (Å²) in [6, 6.07) is 10.9. The van der Waals surface area contributed by atoms with E-state index in [0.29, 0.717) is 22.4 Å². The van der Waals surface area contributed by atoms with Gasteiger partial charge in [-0.3, -0.25) is 9.36 Å². The summed E-state index contributed by atoms with van der Waals surface area (Å²) in [5, 5.41) is 12.9. The minimum atomic E-state index is -0.392. The molecule has 1 amide bonds. The third-order valence-electron chi connectivity index (χ3n) is 3.68. The monoisotopic (exact) mass is 339 g/mol. The number of hydrogen-bond acceptors (Lipinski definition) is 3. The Labute approximate surface area is 144 Å². The number of nitrogens with one attached hydrogen (secondary N) is 1. The zero-order chi connectivity index (χ0) is 17.3. The topological polar surface area (TPSA) is 71.0 Å². The first kappa shape index (κ1) is 15.9. The molecule has 0 saturated carbocycles. The Kier molecular flexibility index (Phi) is 4.15. The van der Waals surface area contributed by atoms with E-state index in [0.717, 1.165) is 5.56 Å². The van der Waals surface area contributed by atoms with Crippen molar-refractivity contribution >= 4 is 23.2 Å². The molecule has 120 valence electrons. The molecule has 1 aromatic carbocycles. The second-order valence-electron chi connectivity index (χ2n) is 5.33. The van der Waals surface area contributed by atoms with E-state index in [-0.39, 0.29) is 11.1 Å². The van der Waals surface area contributed by atoms with Crippen molar-refractivity contribution in [2.75, 3.05) is 5.32 Å². The van der Waals surface area contributed by atoms with Gasteiger partial charge in [-0.15, -0.1) is 0 Å². The lowest BCUT2D eigenvalue weighted by atomic mass is 10.1. The number of rotatable bonds is 3.